The van der Waals surface area contributed by atoms with Crippen LogP contribution in [0, 0.1) is 5.41 Å². The largest absolute Gasteiger partial charge is 0.466 e. The molecule has 24 heavy (non-hydrogen) atoms. The Bertz CT molecular complexity index is 545. The molecule has 3 rings (SSSR count). The van der Waals surface area contributed by atoms with Gasteiger partial charge in [0.25, 0.3) is 0 Å². The molecule has 132 valence electrons. The Hall–Kier alpha value is -1.52. The molecule has 3 aliphatic rings. The second-order valence-electron chi connectivity index (χ2n) is 7.02. The van der Waals surface area contributed by atoms with Crippen LogP contribution < -0.4 is 0 Å². The molecule has 4 heteroatoms. The maximum Gasteiger partial charge on any atom is 0.160 e. The zero-order valence-electron chi connectivity index (χ0n) is 14.9. The smallest absolute Gasteiger partial charge is 0.160 e. The van der Waals surface area contributed by atoms with Gasteiger partial charge in [-0.3, -0.25) is 4.90 Å². The number of methoxy groups -OCH3 is 1. The summed E-state index contributed by atoms with van der Waals surface area (Å²) in [5, 5.41) is 0. The van der Waals surface area contributed by atoms with Gasteiger partial charge in [-0.1, -0.05) is 25.2 Å². The number of likely N-dealkylation sites (tertiary alicyclic amines) is 1. The first-order valence-electron chi connectivity index (χ1n) is 9.04. The van der Waals surface area contributed by atoms with Gasteiger partial charge in [-0.25, -0.2) is 0 Å². The molecule has 0 radical (unpaired) electrons. The molecule has 1 aliphatic carbocycles. The van der Waals surface area contributed by atoms with E-state index in [9.17, 15) is 0 Å². The van der Waals surface area contributed by atoms with E-state index in [1.807, 2.05) is 7.11 Å². The average Bonchev–Trinajstić information content (AvgIpc) is 2.64. The molecule has 0 saturated carbocycles. The Morgan fingerprint density at radius 1 is 1.38 bits per heavy atom. The Morgan fingerprint density at radius 3 is 2.96 bits per heavy atom. The van der Waals surface area contributed by atoms with Crippen molar-refractivity contribution >= 4 is 0 Å². The summed E-state index contributed by atoms with van der Waals surface area (Å²) >= 11 is 0. The third kappa shape index (κ3) is 3.76. The summed E-state index contributed by atoms with van der Waals surface area (Å²) in [5.74, 6) is 0.892. The lowest BCUT2D eigenvalue weighted by atomic mass is 9.77. The van der Waals surface area contributed by atoms with E-state index in [1.165, 1.54) is 18.4 Å². The van der Waals surface area contributed by atoms with Gasteiger partial charge in [0.2, 0.25) is 0 Å². The number of hydrogen-bond donors (Lipinski definition) is 0. The molecule has 0 bridgehead atoms. The van der Waals surface area contributed by atoms with Crippen LogP contribution in [0.15, 0.2) is 48.3 Å². The van der Waals surface area contributed by atoms with Gasteiger partial charge in [-0.05, 0) is 44.2 Å². The lowest BCUT2D eigenvalue weighted by molar-refractivity contribution is -0.00365. The summed E-state index contributed by atoms with van der Waals surface area (Å²) in [6, 6.07) is 0.156. The van der Waals surface area contributed by atoms with Crippen LogP contribution in [0.3, 0.4) is 0 Å². The molecule has 2 atom stereocenters. The highest BCUT2D eigenvalue weighted by Gasteiger charge is 2.39. The van der Waals surface area contributed by atoms with Crippen molar-refractivity contribution in [1.82, 2.24) is 4.90 Å². The van der Waals surface area contributed by atoms with Crippen molar-refractivity contribution in [2.45, 2.75) is 45.1 Å². The molecule has 4 nitrogen and oxygen atoms in total. The molecule has 0 aromatic carbocycles. The molecule has 1 saturated heterocycles. The van der Waals surface area contributed by atoms with Gasteiger partial charge in [0.05, 0.1) is 12.6 Å². The summed E-state index contributed by atoms with van der Waals surface area (Å²) in [6.07, 6.45) is 17.3. The van der Waals surface area contributed by atoms with E-state index in [0.29, 0.717) is 0 Å². The van der Waals surface area contributed by atoms with E-state index in [1.54, 1.807) is 18.8 Å². The van der Waals surface area contributed by atoms with Crippen molar-refractivity contribution in [3.05, 3.63) is 48.3 Å². The summed E-state index contributed by atoms with van der Waals surface area (Å²) < 4.78 is 16.8. The van der Waals surface area contributed by atoms with Crippen molar-refractivity contribution in [2.75, 3.05) is 26.8 Å². The first-order chi connectivity index (χ1) is 11.8. The fraction of sp³-hybridized carbons (Fsp3) is 0.600. The monoisotopic (exact) mass is 331 g/mol. The Morgan fingerprint density at radius 2 is 2.29 bits per heavy atom. The van der Waals surface area contributed by atoms with E-state index in [0.717, 1.165) is 44.7 Å². The predicted molar refractivity (Wildman–Crippen MR) is 95.0 cm³/mol. The normalized spacial score (nSPS) is 28.6. The molecule has 0 N–H and O–H groups in total. The minimum absolute atomic E-state index is 0.156. The van der Waals surface area contributed by atoms with Crippen molar-refractivity contribution in [1.29, 1.82) is 0 Å². The summed E-state index contributed by atoms with van der Waals surface area (Å²) in [5.41, 5.74) is 1.65. The van der Waals surface area contributed by atoms with Crippen LogP contribution in [0.25, 0.3) is 0 Å². The van der Waals surface area contributed by atoms with Crippen LogP contribution in [-0.2, 0) is 14.2 Å². The lowest BCUT2D eigenvalue weighted by Gasteiger charge is -2.46. The summed E-state index contributed by atoms with van der Waals surface area (Å²) in [7, 11) is 1.81. The predicted octanol–water partition coefficient (Wildman–Crippen LogP) is 4.13. The van der Waals surface area contributed by atoms with E-state index in [4.69, 9.17) is 14.2 Å². The first kappa shape index (κ1) is 17.3. The zero-order chi connectivity index (χ0) is 16.8. The van der Waals surface area contributed by atoms with Crippen LogP contribution in [0.2, 0.25) is 0 Å². The van der Waals surface area contributed by atoms with E-state index in [-0.39, 0.29) is 11.5 Å². The van der Waals surface area contributed by atoms with Gasteiger partial charge in [0.1, 0.15) is 18.8 Å². The van der Waals surface area contributed by atoms with Crippen molar-refractivity contribution < 1.29 is 14.2 Å². The molecule has 0 aromatic heterocycles. The van der Waals surface area contributed by atoms with Crippen LogP contribution >= 0.6 is 0 Å². The molecule has 0 spiro atoms. The second kappa shape index (κ2) is 8.04. The Balaban J connectivity index is 1.85. The number of allylic oxidation sites excluding steroid dienone is 3. The molecule has 2 aliphatic heterocycles. The number of piperidine rings is 1. The molecule has 0 amide bonds. The van der Waals surface area contributed by atoms with Crippen molar-refractivity contribution in [3.8, 4) is 0 Å². The molecular formula is C20H29NO3. The minimum Gasteiger partial charge on any atom is -0.466 e. The first-order valence-corrected chi connectivity index (χ1v) is 9.04. The fourth-order valence-corrected chi connectivity index (χ4v) is 4.13. The second-order valence-corrected chi connectivity index (χ2v) is 7.02. The highest BCUT2D eigenvalue weighted by atomic mass is 16.5. The third-order valence-electron chi connectivity index (χ3n) is 5.45. The van der Waals surface area contributed by atoms with Crippen molar-refractivity contribution in [2.24, 2.45) is 5.41 Å². The number of hydrogen-bond acceptors (Lipinski definition) is 4. The van der Waals surface area contributed by atoms with Crippen LogP contribution in [-0.4, -0.2) is 37.7 Å². The van der Waals surface area contributed by atoms with Gasteiger partial charge in [0, 0.05) is 19.1 Å². The quantitative estimate of drug-likeness (QED) is 0.732. The van der Waals surface area contributed by atoms with Crippen LogP contribution in [0.1, 0.15) is 39.0 Å². The summed E-state index contributed by atoms with van der Waals surface area (Å²) in [4.78, 5) is 2.56. The van der Waals surface area contributed by atoms with Crippen LogP contribution in [0.5, 0.6) is 0 Å². The highest BCUT2D eigenvalue weighted by Crippen LogP contribution is 2.38. The molecule has 1 fully saturated rings. The van der Waals surface area contributed by atoms with Crippen molar-refractivity contribution in [3.63, 3.8) is 0 Å². The SMILES string of the molecule is CCC1(COC)CCCN(C(C2=CC=CCC2)C2=COC=CO2)C1. The van der Waals surface area contributed by atoms with Crippen LogP contribution in [0.4, 0.5) is 0 Å². The minimum atomic E-state index is 0.156. The van der Waals surface area contributed by atoms with E-state index < -0.39 is 0 Å². The van der Waals surface area contributed by atoms with Gasteiger partial charge < -0.3 is 14.2 Å². The number of rotatable bonds is 6. The Kier molecular flexibility index (Phi) is 5.80. The maximum absolute atomic E-state index is 5.83. The molecular weight excluding hydrogens is 302 g/mol. The molecule has 0 aromatic rings. The lowest BCUT2D eigenvalue weighted by Crippen LogP contribution is -2.51. The van der Waals surface area contributed by atoms with E-state index in [2.05, 4.69) is 30.1 Å². The fourth-order valence-electron chi connectivity index (χ4n) is 4.13. The number of ether oxygens (including phenoxy) is 3. The van der Waals surface area contributed by atoms with Gasteiger partial charge >= 0.3 is 0 Å². The van der Waals surface area contributed by atoms with Gasteiger partial charge in [-0.15, -0.1) is 0 Å². The van der Waals surface area contributed by atoms with E-state index >= 15 is 0 Å². The Labute approximate surface area is 145 Å². The van der Waals surface area contributed by atoms with Gasteiger partial charge in [-0.2, -0.15) is 0 Å². The third-order valence-corrected chi connectivity index (χ3v) is 5.45. The number of nitrogens with zero attached hydrogens (tertiary/aromatic N) is 1. The molecule has 2 heterocycles. The summed E-state index contributed by atoms with van der Waals surface area (Å²) in [6.45, 7) is 5.22. The topological polar surface area (TPSA) is 30.9 Å². The molecule has 2 unspecified atom stereocenters. The highest BCUT2D eigenvalue weighted by molar-refractivity contribution is 5.30. The van der Waals surface area contributed by atoms with Gasteiger partial charge in [0.15, 0.2) is 5.76 Å². The zero-order valence-corrected chi connectivity index (χ0v) is 14.9. The standard InChI is InChI=1S/C20H29NO3/c1-3-20(16-22-2)10-7-11-21(15-20)19(17-8-5-4-6-9-17)18-14-23-12-13-24-18/h4-5,8,12-14,19H,3,6-7,9-11,15-16H2,1-2H3. The average molecular weight is 331 g/mol. The maximum atomic E-state index is 5.83.